The molecule has 1 aromatic rings. The van der Waals surface area contributed by atoms with Gasteiger partial charge in [0.15, 0.2) is 6.79 Å². The molecule has 6 heteroatoms. The predicted octanol–water partition coefficient (Wildman–Crippen LogP) is 3.58. The maximum Gasteiger partial charge on any atom is 0.411 e. The summed E-state index contributed by atoms with van der Waals surface area (Å²) in [7, 11) is 0. The second-order valence-electron chi connectivity index (χ2n) is 3.49. The summed E-state index contributed by atoms with van der Waals surface area (Å²) in [5.74, 6) is 6.57. The third-order valence-electron chi connectivity index (χ3n) is 1.86. The second-order valence-corrected chi connectivity index (χ2v) is 3.87. The zero-order valence-electron chi connectivity index (χ0n) is 9.97. The molecular formula is C13H12ClF3O2. The Morgan fingerprint density at radius 1 is 1.26 bits per heavy atom. The van der Waals surface area contributed by atoms with E-state index in [4.69, 9.17) is 16.3 Å². The monoisotopic (exact) mass is 292 g/mol. The normalized spacial score (nSPS) is 10.7. The van der Waals surface area contributed by atoms with E-state index in [-0.39, 0.29) is 0 Å². The molecule has 0 aliphatic heterocycles. The number of rotatable bonds is 5. The van der Waals surface area contributed by atoms with Gasteiger partial charge in [-0.1, -0.05) is 17.9 Å². The largest absolute Gasteiger partial charge is 0.468 e. The molecule has 104 valence electrons. The van der Waals surface area contributed by atoms with Gasteiger partial charge in [0.25, 0.3) is 0 Å². The topological polar surface area (TPSA) is 18.5 Å². The lowest BCUT2D eigenvalue weighted by Crippen LogP contribution is -2.19. The average Bonchev–Trinajstić information content (AvgIpc) is 2.35. The van der Waals surface area contributed by atoms with Crippen LogP contribution in [-0.4, -0.2) is 25.5 Å². The number of benzene rings is 1. The number of hydrogen-bond acceptors (Lipinski definition) is 2. The van der Waals surface area contributed by atoms with Gasteiger partial charge in [-0.3, -0.25) is 0 Å². The van der Waals surface area contributed by atoms with Crippen LogP contribution in [-0.2, 0) is 4.74 Å². The summed E-state index contributed by atoms with van der Waals surface area (Å²) in [4.78, 5) is 0. The minimum absolute atomic E-state index is 0.403. The highest BCUT2D eigenvalue weighted by atomic mass is 35.5. The Labute approximate surface area is 114 Å². The standard InChI is InChI=1S/C13H12ClF3O2/c14-7-2-1-4-11-5-3-6-12(8-11)19-10-18-9-13(15,16)17/h3,5-6,8H,2,7,9-10H2. The predicted molar refractivity (Wildman–Crippen MR) is 66.2 cm³/mol. The van der Waals surface area contributed by atoms with Gasteiger partial charge in [-0.2, -0.15) is 13.2 Å². The summed E-state index contributed by atoms with van der Waals surface area (Å²) in [5.41, 5.74) is 0.707. The first-order valence-corrected chi connectivity index (χ1v) is 5.97. The van der Waals surface area contributed by atoms with Gasteiger partial charge in [-0.15, -0.1) is 11.6 Å². The van der Waals surface area contributed by atoms with Gasteiger partial charge in [-0.25, -0.2) is 0 Å². The molecule has 0 atom stereocenters. The zero-order valence-corrected chi connectivity index (χ0v) is 10.7. The van der Waals surface area contributed by atoms with Crippen LogP contribution in [0.5, 0.6) is 5.75 Å². The molecule has 0 saturated carbocycles. The molecule has 19 heavy (non-hydrogen) atoms. The lowest BCUT2D eigenvalue weighted by Gasteiger charge is -2.09. The van der Waals surface area contributed by atoms with Gasteiger partial charge in [0.2, 0.25) is 0 Å². The molecule has 0 heterocycles. The molecule has 0 unspecified atom stereocenters. The van der Waals surface area contributed by atoms with Crippen molar-refractivity contribution in [3.63, 3.8) is 0 Å². The lowest BCUT2D eigenvalue weighted by atomic mass is 10.2. The third-order valence-corrected chi connectivity index (χ3v) is 2.05. The highest BCUT2D eigenvalue weighted by molar-refractivity contribution is 6.18. The van der Waals surface area contributed by atoms with Crippen molar-refractivity contribution in [3.8, 4) is 17.6 Å². The van der Waals surface area contributed by atoms with Gasteiger partial charge >= 0.3 is 6.18 Å². The molecule has 1 rings (SSSR count). The van der Waals surface area contributed by atoms with E-state index in [9.17, 15) is 13.2 Å². The Balaban J connectivity index is 2.43. The highest BCUT2D eigenvalue weighted by Gasteiger charge is 2.27. The quantitative estimate of drug-likeness (QED) is 0.357. The molecule has 0 aliphatic carbocycles. The summed E-state index contributed by atoms with van der Waals surface area (Å²) >= 11 is 5.48. The smallest absolute Gasteiger partial charge is 0.411 e. The van der Waals surface area contributed by atoms with Crippen LogP contribution in [0.15, 0.2) is 24.3 Å². The summed E-state index contributed by atoms with van der Waals surface area (Å²) in [6.07, 6.45) is -3.78. The first kappa shape index (κ1) is 15.7. The molecule has 1 aromatic carbocycles. The second kappa shape index (κ2) is 7.93. The van der Waals surface area contributed by atoms with Gasteiger partial charge in [0, 0.05) is 17.9 Å². The van der Waals surface area contributed by atoms with Crippen molar-refractivity contribution in [2.45, 2.75) is 12.6 Å². The Morgan fingerprint density at radius 2 is 2.05 bits per heavy atom. The van der Waals surface area contributed by atoms with Crippen LogP contribution in [0, 0.1) is 11.8 Å². The summed E-state index contributed by atoms with van der Waals surface area (Å²) in [5, 5.41) is 0. The van der Waals surface area contributed by atoms with Crippen molar-refractivity contribution in [2.24, 2.45) is 0 Å². The summed E-state index contributed by atoms with van der Waals surface area (Å²) in [6, 6.07) is 6.70. The molecule has 0 amide bonds. The van der Waals surface area contributed by atoms with Crippen LogP contribution < -0.4 is 4.74 Å². The van der Waals surface area contributed by atoms with Crippen molar-refractivity contribution in [1.82, 2.24) is 0 Å². The van der Waals surface area contributed by atoms with E-state index in [0.717, 1.165) is 0 Å². The van der Waals surface area contributed by atoms with E-state index in [1.54, 1.807) is 24.3 Å². The fraction of sp³-hybridized carbons (Fsp3) is 0.385. The maximum absolute atomic E-state index is 11.8. The van der Waals surface area contributed by atoms with Crippen molar-refractivity contribution >= 4 is 11.6 Å². The van der Waals surface area contributed by atoms with Crippen molar-refractivity contribution in [1.29, 1.82) is 0 Å². The first-order valence-electron chi connectivity index (χ1n) is 5.43. The molecule has 0 bridgehead atoms. The van der Waals surface area contributed by atoms with Crippen molar-refractivity contribution in [3.05, 3.63) is 29.8 Å². The highest BCUT2D eigenvalue weighted by Crippen LogP contribution is 2.16. The van der Waals surface area contributed by atoms with E-state index >= 15 is 0 Å². The lowest BCUT2D eigenvalue weighted by molar-refractivity contribution is -0.186. The van der Waals surface area contributed by atoms with E-state index in [1.165, 1.54) is 0 Å². The molecule has 2 nitrogen and oxygen atoms in total. The fourth-order valence-corrected chi connectivity index (χ4v) is 1.24. The molecule has 0 spiro atoms. The Bertz CT molecular complexity index is 449. The van der Waals surface area contributed by atoms with Crippen molar-refractivity contribution in [2.75, 3.05) is 19.3 Å². The van der Waals surface area contributed by atoms with Crippen LogP contribution in [0.3, 0.4) is 0 Å². The Hall–Kier alpha value is -1.38. The minimum atomic E-state index is -4.35. The van der Waals surface area contributed by atoms with E-state index in [0.29, 0.717) is 23.6 Å². The van der Waals surface area contributed by atoms with E-state index in [1.807, 2.05) is 0 Å². The van der Waals surface area contributed by atoms with Gasteiger partial charge in [-0.05, 0) is 18.2 Å². The Kier molecular flexibility index (Phi) is 6.54. The average molecular weight is 293 g/mol. The SMILES string of the molecule is FC(F)(F)COCOc1cccc(C#CCCCl)c1. The van der Waals surface area contributed by atoms with Crippen LogP contribution in [0.1, 0.15) is 12.0 Å². The molecule has 0 N–H and O–H groups in total. The number of halogens is 4. The first-order chi connectivity index (χ1) is 9.01. The summed E-state index contributed by atoms with van der Waals surface area (Å²) in [6.45, 7) is -1.79. The molecule has 0 aliphatic rings. The van der Waals surface area contributed by atoms with Crippen LogP contribution in [0.2, 0.25) is 0 Å². The number of alkyl halides is 4. The fourth-order valence-electron chi connectivity index (χ4n) is 1.14. The number of ether oxygens (including phenoxy) is 2. The summed E-state index contributed by atoms with van der Waals surface area (Å²) < 4.78 is 44.8. The van der Waals surface area contributed by atoms with Crippen molar-refractivity contribution < 1.29 is 22.6 Å². The molecule has 0 saturated heterocycles. The maximum atomic E-state index is 11.8. The molecule has 0 aromatic heterocycles. The van der Waals surface area contributed by atoms with Gasteiger partial charge < -0.3 is 9.47 Å². The number of hydrogen-bond donors (Lipinski definition) is 0. The van der Waals surface area contributed by atoms with Gasteiger partial charge in [0.05, 0.1) is 0 Å². The molecule has 0 radical (unpaired) electrons. The Morgan fingerprint density at radius 3 is 2.74 bits per heavy atom. The van der Waals surface area contributed by atoms with Crippen LogP contribution in [0.25, 0.3) is 0 Å². The van der Waals surface area contributed by atoms with Gasteiger partial charge in [0.1, 0.15) is 12.4 Å². The third kappa shape index (κ3) is 7.60. The molecular weight excluding hydrogens is 281 g/mol. The minimum Gasteiger partial charge on any atom is -0.468 e. The van der Waals surface area contributed by atoms with Crippen LogP contribution in [0.4, 0.5) is 13.2 Å². The molecule has 0 fully saturated rings. The van der Waals surface area contributed by atoms with E-state index < -0.39 is 19.6 Å². The van der Waals surface area contributed by atoms with Crippen LogP contribution >= 0.6 is 11.6 Å². The zero-order chi connectivity index (χ0) is 14.1. The van der Waals surface area contributed by atoms with E-state index in [2.05, 4.69) is 16.6 Å².